The molecular weight excluding hydrogens is 244 g/mol. The van der Waals surface area contributed by atoms with Crippen LogP contribution >= 0.6 is 0 Å². The first-order valence-electron chi connectivity index (χ1n) is 5.64. The molecule has 0 spiro atoms. The standard InChI is InChI=1S/C11H20O7/c1-5-15-9(16-6-2)7-17-11(10(13)14-4)18-8(3)12/h9,11H,5-7H2,1-4H3. The van der Waals surface area contributed by atoms with Gasteiger partial charge in [0.15, 0.2) is 6.29 Å². The minimum atomic E-state index is -1.41. The summed E-state index contributed by atoms with van der Waals surface area (Å²) in [4.78, 5) is 22.1. The Morgan fingerprint density at radius 1 is 1.06 bits per heavy atom. The number of esters is 2. The van der Waals surface area contributed by atoms with Gasteiger partial charge in [0.05, 0.1) is 7.11 Å². The molecule has 0 heterocycles. The van der Waals surface area contributed by atoms with Gasteiger partial charge in [0.2, 0.25) is 0 Å². The molecule has 0 amide bonds. The highest BCUT2D eigenvalue weighted by molar-refractivity contribution is 5.77. The summed E-state index contributed by atoms with van der Waals surface area (Å²) in [6, 6.07) is 0. The van der Waals surface area contributed by atoms with Crippen LogP contribution in [0.1, 0.15) is 20.8 Å². The highest BCUT2D eigenvalue weighted by atomic mass is 16.7. The lowest BCUT2D eigenvalue weighted by Crippen LogP contribution is -2.34. The smallest absolute Gasteiger partial charge is 0.376 e. The number of methoxy groups -OCH3 is 1. The summed E-state index contributed by atoms with van der Waals surface area (Å²) >= 11 is 0. The van der Waals surface area contributed by atoms with Gasteiger partial charge in [0.1, 0.15) is 6.61 Å². The van der Waals surface area contributed by atoms with E-state index in [0.717, 1.165) is 0 Å². The Hall–Kier alpha value is -1.18. The first-order chi connectivity index (χ1) is 8.54. The second kappa shape index (κ2) is 9.81. The van der Waals surface area contributed by atoms with Crippen molar-refractivity contribution >= 4 is 11.9 Å². The lowest BCUT2D eigenvalue weighted by Gasteiger charge is -2.20. The summed E-state index contributed by atoms with van der Waals surface area (Å²) in [6.07, 6.45) is -2.03. The summed E-state index contributed by atoms with van der Waals surface area (Å²) < 4.78 is 24.6. The van der Waals surface area contributed by atoms with Crippen LogP contribution in [0.3, 0.4) is 0 Å². The summed E-state index contributed by atoms with van der Waals surface area (Å²) in [5.74, 6) is -1.44. The number of carbonyl (C=O) groups is 2. The lowest BCUT2D eigenvalue weighted by atomic mass is 10.6. The fourth-order valence-electron chi connectivity index (χ4n) is 1.08. The van der Waals surface area contributed by atoms with Crippen LogP contribution in [0, 0.1) is 0 Å². The SMILES string of the molecule is CCOC(COC(OC(C)=O)C(=O)OC)OCC. The van der Waals surface area contributed by atoms with Crippen LogP contribution in [-0.2, 0) is 33.3 Å². The summed E-state index contributed by atoms with van der Waals surface area (Å²) in [5, 5.41) is 0. The quantitative estimate of drug-likeness (QED) is 0.442. The predicted molar refractivity (Wildman–Crippen MR) is 60.6 cm³/mol. The molecule has 0 bridgehead atoms. The van der Waals surface area contributed by atoms with E-state index in [1.54, 1.807) is 13.8 Å². The maximum absolute atomic E-state index is 11.3. The van der Waals surface area contributed by atoms with Gasteiger partial charge in [-0.25, -0.2) is 4.79 Å². The van der Waals surface area contributed by atoms with Gasteiger partial charge < -0.3 is 23.7 Å². The summed E-state index contributed by atoms with van der Waals surface area (Å²) in [6.45, 7) is 5.59. The number of carbonyl (C=O) groups excluding carboxylic acids is 2. The van der Waals surface area contributed by atoms with Crippen LogP contribution < -0.4 is 0 Å². The third-order valence-electron chi connectivity index (χ3n) is 1.76. The Labute approximate surface area is 106 Å². The van der Waals surface area contributed by atoms with Crippen molar-refractivity contribution in [3.63, 3.8) is 0 Å². The average molecular weight is 264 g/mol. The van der Waals surface area contributed by atoms with Gasteiger partial charge in [-0.2, -0.15) is 0 Å². The van der Waals surface area contributed by atoms with E-state index in [1.807, 2.05) is 0 Å². The molecule has 7 nitrogen and oxygen atoms in total. The van der Waals surface area contributed by atoms with Crippen molar-refractivity contribution < 1.29 is 33.3 Å². The van der Waals surface area contributed by atoms with Gasteiger partial charge in [-0.3, -0.25) is 4.79 Å². The molecule has 0 aliphatic rings. The van der Waals surface area contributed by atoms with E-state index in [2.05, 4.69) is 9.47 Å². The molecule has 0 radical (unpaired) electrons. The Morgan fingerprint density at radius 2 is 1.61 bits per heavy atom. The normalized spacial score (nSPS) is 12.3. The molecule has 0 aromatic carbocycles. The maximum Gasteiger partial charge on any atom is 0.376 e. The van der Waals surface area contributed by atoms with Crippen LogP contribution in [0.25, 0.3) is 0 Å². The van der Waals surface area contributed by atoms with Crippen LogP contribution in [-0.4, -0.2) is 51.4 Å². The maximum atomic E-state index is 11.3. The molecule has 18 heavy (non-hydrogen) atoms. The molecule has 7 heteroatoms. The Morgan fingerprint density at radius 3 is 2.00 bits per heavy atom. The van der Waals surface area contributed by atoms with Gasteiger partial charge in [-0.05, 0) is 13.8 Å². The van der Waals surface area contributed by atoms with Crippen molar-refractivity contribution in [2.75, 3.05) is 26.9 Å². The van der Waals surface area contributed by atoms with E-state index in [4.69, 9.17) is 14.2 Å². The number of hydrogen-bond acceptors (Lipinski definition) is 7. The van der Waals surface area contributed by atoms with Crippen LogP contribution in [0.4, 0.5) is 0 Å². The number of ether oxygens (including phenoxy) is 5. The second-order valence-corrected chi connectivity index (χ2v) is 3.14. The van der Waals surface area contributed by atoms with Gasteiger partial charge in [0.25, 0.3) is 0 Å². The first kappa shape index (κ1) is 16.8. The molecular formula is C11H20O7. The highest BCUT2D eigenvalue weighted by Crippen LogP contribution is 2.03. The van der Waals surface area contributed by atoms with Gasteiger partial charge in [0, 0.05) is 20.1 Å². The minimum Gasteiger partial charge on any atom is -0.464 e. The third kappa shape index (κ3) is 7.21. The largest absolute Gasteiger partial charge is 0.464 e. The molecule has 0 aliphatic heterocycles. The predicted octanol–water partition coefficient (Wildman–Crippen LogP) is 0.464. The zero-order valence-electron chi connectivity index (χ0n) is 11.1. The molecule has 0 fully saturated rings. The first-order valence-corrected chi connectivity index (χ1v) is 5.64. The van der Waals surface area contributed by atoms with Crippen LogP contribution in [0.5, 0.6) is 0 Å². The molecule has 106 valence electrons. The second-order valence-electron chi connectivity index (χ2n) is 3.14. The van der Waals surface area contributed by atoms with Crippen LogP contribution in [0.15, 0.2) is 0 Å². The molecule has 0 aromatic heterocycles. The Balaban J connectivity index is 4.28. The average Bonchev–Trinajstić information content (AvgIpc) is 2.33. The van der Waals surface area contributed by atoms with Crippen molar-refractivity contribution in [2.45, 2.75) is 33.4 Å². The van der Waals surface area contributed by atoms with E-state index in [1.165, 1.54) is 14.0 Å². The Kier molecular flexibility index (Phi) is 9.17. The molecule has 0 aromatic rings. The lowest BCUT2D eigenvalue weighted by molar-refractivity contribution is -0.224. The summed E-state index contributed by atoms with van der Waals surface area (Å²) in [7, 11) is 1.17. The third-order valence-corrected chi connectivity index (χ3v) is 1.76. The van der Waals surface area contributed by atoms with E-state index in [9.17, 15) is 9.59 Å². The molecule has 1 unspecified atom stereocenters. The summed E-state index contributed by atoms with van der Waals surface area (Å²) in [5.41, 5.74) is 0. The van der Waals surface area contributed by atoms with Crippen molar-refractivity contribution in [1.29, 1.82) is 0 Å². The minimum absolute atomic E-state index is 0.0469. The van der Waals surface area contributed by atoms with E-state index in [-0.39, 0.29) is 6.61 Å². The monoisotopic (exact) mass is 264 g/mol. The molecule has 1 atom stereocenters. The van der Waals surface area contributed by atoms with E-state index in [0.29, 0.717) is 13.2 Å². The van der Waals surface area contributed by atoms with Crippen molar-refractivity contribution in [3.8, 4) is 0 Å². The van der Waals surface area contributed by atoms with Crippen molar-refractivity contribution in [2.24, 2.45) is 0 Å². The fourth-order valence-corrected chi connectivity index (χ4v) is 1.08. The van der Waals surface area contributed by atoms with E-state index < -0.39 is 24.5 Å². The van der Waals surface area contributed by atoms with Crippen LogP contribution in [0.2, 0.25) is 0 Å². The molecule has 0 rings (SSSR count). The Bertz CT molecular complexity index is 248. The van der Waals surface area contributed by atoms with Crippen molar-refractivity contribution in [1.82, 2.24) is 0 Å². The number of hydrogen-bond donors (Lipinski definition) is 0. The molecule has 0 aliphatic carbocycles. The fraction of sp³-hybridized carbons (Fsp3) is 0.818. The zero-order valence-corrected chi connectivity index (χ0v) is 11.1. The highest BCUT2D eigenvalue weighted by Gasteiger charge is 2.25. The number of rotatable bonds is 9. The van der Waals surface area contributed by atoms with Gasteiger partial charge in [-0.15, -0.1) is 0 Å². The van der Waals surface area contributed by atoms with Gasteiger partial charge in [-0.1, -0.05) is 0 Å². The molecule has 0 N–H and O–H groups in total. The topological polar surface area (TPSA) is 80.3 Å². The van der Waals surface area contributed by atoms with Crippen molar-refractivity contribution in [3.05, 3.63) is 0 Å². The van der Waals surface area contributed by atoms with Gasteiger partial charge >= 0.3 is 18.2 Å². The van der Waals surface area contributed by atoms with E-state index >= 15 is 0 Å². The zero-order chi connectivity index (χ0) is 14.0. The molecule has 0 saturated carbocycles. The molecule has 0 saturated heterocycles.